The quantitative estimate of drug-likeness (QED) is 0.325. The molecule has 0 atom stereocenters. The first-order valence-corrected chi connectivity index (χ1v) is 13.5. The average Bonchev–Trinajstić information content (AvgIpc) is 2.89. The average molecular weight is 552 g/mol. The van der Waals surface area contributed by atoms with Crippen LogP contribution in [0.4, 0.5) is 4.79 Å². The van der Waals surface area contributed by atoms with Gasteiger partial charge in [0.2, 0.25) is 5.88 Å². The molecule has 1 amide bonds. The fourth-order valence-corrected chi connectivity index (χ4v) is 4.89. The Morgan fingerprint density at radius 1 is 1.03 bits per heavy atom. The van der Waals surface area contributed by atoms with Crippen LogP contribution in [0.25, 0.3) is 11.3 Å². The molecular formula is C30H34ClN3O5. The number of nitrogens with one attached hydrogen (secondary N) is 1. The van der Waals surface area contributed by atoms with Crippen molar-refractivity contribution in [2.75, 3.05) is 6.61 Å². The number of rotatable bonds is 7. The van der Waals surface area contributed by atoms with Crippen LogP contribution < -0.4 is 10.1 Å². The Kier molecular flexibility index (Phi) is 8.75. The Morgan fingerprint density at radius 3 is 2.38 bits per heavy atom. The standard InChI is InChI=1S/C30H34ClN3O5/c1-5-37-27(35)24-19-25(20-10-7-6-8-11-20)33-34-26(24)38-23-14-16-30(17-15-23,21-12-9-13-22(31)18-21)32-28(36)39-29(2,3)4/h6-13,18-19,23H,5,14-17H2,1-4H3,(H,32,36). The van der Waals surface area contributed by atoms with Crippen LogP contribution in [0.5, 0.6) is 5.88 Å². The minimum Gasteiger partial charge on any atom is -0.473 e. The number of ether oxygens (including phenoxy) is 3. The zero-order chi connectivity index (χ0) is 28.0. The number of hydrogen-bond donors (Lipinski definition) is 1. The predicted molar refractivity (Wildman–Crippen MR) is 149 cm³/mol. The fraction of sp³-hybridized carbons (Fsp3) is 0.400. The maximum Gasteiger partial charge on any atom is 0.408 e. The number of carbonyl (C=O) groups is 2. The molecule has 2 aromatic carbocycles. The minimum atomic E-state index is -0.681. The van der Waals surface area contributed by atoms with Gasteiger partial charge in [-0.1, -0.05) is 54.1 Å². The van der Waals surface area contributed by atoms with Gasteiger partial charge >= 0.3 is 12.1 Å². The van der Waals surface area contributed by atoms with Gasteiger partial charge in [0, 0.05) is 10.6 Å². The van der Waals surface area contributed by atoms with Crippen LogP contribution in [-0.4, -0.2) is 40.6 Å². The van der Waals surface area contributed by atoms with E-state index in [1.165, 1.54) is 0 Å². The molecule has 1 aliphatic carbocycles. The molecule has 39 heavy (non-hydrogen) atoms. The van der Waals surface area contributed by atoms with E-state index < -0.39 is 23.2 Å². The summed E-state index contributed by atoms with van der Waals surface area (Å²) in [5.41, 5.74) is 1.20. The fourth-order valence-electron chi connectivity index (χ4n) is 4.70. The summed E-state index contributed by atoms with van der Waals surface area (Å²) < 4.78 is 17.1. The molecule has 1 heterocycles. The molecule has 0 unspecified atom stereocenters. The van der Waals surface area contributed by atoms with Crippen molar-refractivity contribution in [2.45, 2.75) is 70.6 Å². The highest BCUT2D eigenvalue weighted by Gasteiger charge is 2.40. The third-order valence-corrected chi connectivity index (χ3v) is 6.74. The van der Waals surface area contributed by atoms with Gasteiger partial charge in [0.05, 0.1) is 17.8 Å². The lowest BCUT2D eigenvalue weighted by atomic mass is 9.75. The minimum absolute atomic E-state index is 0.133. The van der Waals surface area contributed by atoms with Crippen molar-refractivity contribution in [3.8, 4) is 17.1 Å². The first kappa shape index (κ1) is 28.4. The van der Waals surface area contributed by atoms with Crippen LogP contribution >= 0.6 is 11.6 Å². The third-order valence-electron chi connectivity index (χ3n) is 6.51. The summed E-state index contributed by atoms with van der Waals surface area (Å²) in [7, 11) is 0. The first-order chi connectivity index (χ1) is 18.6. The first-order valence-electron chi connectivity index (χ1n) is 13.1. The summed E-state index contributed by atoms with van der Waals surface area (Å²) in [5.74, 6) is -0.385. The summed E-state index contributed by atoms with van der Waals surface area (Å²) in [5, 5.41) is 12.3. The molecular weight excluding hydrogens is 518 g/mol. The predicted octanol–water partition coefficient (Wildman–Crippen LogP) is 6.72. The molecule has 4 rings (SSSR count). The maximum absolute atomic E-state index is 12.8. The largest absolute Gasteiger partial charge is 0.473 e. The van der Waals surface area contributed by atoms with Crippen molar-refractivity contribution in [2.24, 2.45) is 0 Å². The number of esters is 1. The number of hydrogen-bond acceptors (Lipinski definition) is 7. The summed E-state index contributed by atoms with van der Waals surface area (Å²) in [6.07, 6.45) is 1.58. The van der Waals surface area contributed by atoms with E-state index in [2.05, 4.69) is 15.5 Å². The number of halogens is 1. The number of carbonyl (C=O) groups excluding carboxylic acids is 2. The van der Waals surface area contributed by atoms with Crippen LogP contribution in [0, 0.1) is 0 Å². The molecule has 0 radical (unpaired) electrons. The second kappa shape index (κ2) is 12.0. The molecule has 206 valence electrons. The van der Waals surface area contributed by atoms with E-state index in [-0.39, 0.29) is 24.2 Å². The van der Waals surface area contributed by atoms with Gasteiger partial charge < -0.3 is 19.5 Å². The van der Waals surface area contributed by atoms with E-state index in [1.54, 1.807) is 19.1 Å². The number of benzene rings is 2. The van der Waals surface area contributed by atoms with E-state index in [0.29, 0.717) is 36.4 Å². The van der Waals surface area contributed by atoms with Crippen LogP contribution in [0.2, 0.25) is 5.02 Å². The third kappa shape index (κ3) is 7.26. The highest BCUT2D eigenvalue weighted by Crippen LogP contribution is 2.40. The zero-order valence-corrected chi connectivity index (χ0v) is 23.5. The smallest absolute Gasteiger partial charge is 0.408 e. The SMILES string of the molecule is CCOC(=O)c1cc(-c2ccccc2)nnc1OC1CCC(NC(=O)OC(C)(C)C)(c2cccc(Cl)c2)CC1. The lowest BCUT2D eigenvalue weighted by Crippen LogP contribution is -2.50. The second-order valence-corrected chi connectivity index (χ2v) is 11.0. The highest BCUT2D eigenvalue weighted by molar-refractivity contribution is 6.30. The van der Waals surface area contributed by atoms with E-state index >= 15 is 0 Å². The van der Waals surface area contributed by atoms with Gasteiger partial charge in [0.1, 0.15) is 17.3 Å². The second-order valence-electron chi connectivity index (χ2n) is 10.6. The van der Waals surface area contributed by atoms with Crippen molar-refractivity contribution in [1.29, 1.82) is 0 Å². The highest BCUT2D eigenvalue weighted by atomic mass is 35.5. The van der Waals surface area contributed by atoms with E-state index in [0.717, 1.165) is 11.1 Å². The molecule has 0 bridgehead atoms. The molecule has 1 saturated carbocycles. The van der Waals surface area contributed by atoms with Crippen molar-refractivity contribution < 1.29 is 23.8 Å². The molecule has 9 heteroatoms. The number of nitrogens with zero attached hydrogens (tertiary/aromatic N) is 2. The van der Waals surface area contributed by atoms with Crippen LogP contribution in [0.1, 0.15) is 69.3 Å². The van der Waals surface area contributed by atoms with Crippen molar-refractivity contribution in [3.05, 3.63) is 76.8 Å². The molecule has 1 aromatic heterocycles. The Balaban J connectivity index is 1.55. The van der Waals surface area contributed by atoms with E-state index in [1.807, 2.05) is 69.3 Å². The molecule has 3 aromatic rings. The van der Waals surface area contributed by atoms with Gasteiger partial charge in [-0.15, -0.1) is 10.2 Å². The molecule has 1 fully saturated rings. The van der Waals surface area contributed by atoms with E-state index in [4.69, 9.17) is 25.8 Å². The van der Waals surface area contributed by atoms with Gasteiger partial charge in [0.15, 0.2) is 0 Å². The monoisotopic (exact) mass is 551 g/mol. The Bertz CT molecular complexity index is 1300. The van der Waals surface area contributed by atoms with Crippen molar-refractivity contribution in [1.82, 2.24) is 15.5 Å². The van der Waals surface area contributed by atoms with Crippen molar-refractivity contribution >= 4 is 23.7 Å². The summed E-state index contributed by atoms with van der Waals surface area (Å²) in [6.45, 7) is 7.46. The number of aromatic nitrogens is 2. The molecule has 0 aliphatic heterocycles. The molecule has 0 saturated heterocycles. The molecule has 1 N–H and O–H groups in total. The van der Waals surface area contributed by atoms with Crippen LogP contribution in [-0.2, 0) is 15.0 Å². The Morgan fingerprint density at radius 2 is 1.74 bits per heavy atom. The number of alkyl carbamates (subject to hydrolysis) is 1. The Labute approximate surface area is 234 Å². The number of amides is 1. The summed E-state index contributed by atoms with van der Waals surface area (Å²) in [4.78, 5) is 25.6. The summed E-state index contributed by atoms with van der Waals surface area (Å²) >= 11 is 6.31. The van der Waals surface area contributed by atoms with Gasteiger partial charge in [0.25, 0.3) is 0 Å². The van der Waals surface area contributed by atoms with Gasteiger partial charge in [-0.2, -0.15) is 0 Å². The topological polar surface area (TPSA) is 99.6 Å². The van der Waals surface area contributed by atoms with Gasteiger partial charge in [-0.05, 0) is 77.1 Å². The molecule has 8 nitrogen and oxygen atoms in total. The van der Waals surface area contributed by atoms with Gasteiger partial charge in [-0.3, -0.25) is 0 Å². The normalized spacial score (nSPS) is 19.2. The maximum atomic E-state index is 12.8. The zero-order valence-electron chi connectivity index (χ0n) is 22.7. The van der Waals surface area contributed by atoms with Crippen molar-refractivity contribution in [3.63, 3.8) is 0 Å². The molecule has 1 aliphatic rings. The molecule has 0 spiro atoms. The van der Waals surface area contributed by atoms with Gasteiger partial charge in [-0.25, -0.2) is 9.59 Å². The lowest BCUT2D eigenvalue weighted by Gasteiger charge is -2.41. The lowest BCUT2D eigenvalue weighted by molar-refractivity contribution is 0.0344. The van der Waals surface area contributed by atoms with Crippen LogP contribution in [0.15, 0.2) is 60.7 Å². The van der Waals surface area contributed by atoms with E-state index in [9.17, 15) is 9.59 Å². The summed E-state index contributed by atoms with van der Waals surface area (Å²) in [6, 6.07) is 18.6. The Hall–Kier alpha value is -3.65. The van der Waals surface area contributed by atoms with Crippen LogP contribution in [0.3, 0.4) is 0 Å².